The maximum absolute atomic E-state index is 13.3. The Morgan fingerprint density at radius 1 is 1.14 bits per heavy atom. The number of aryl methyl sites for hydroxylation is 1. The quantitative estimate of drug-likeness (QED) is 0.594. The Hall–Kier alpha value is -2.70. The minimum Gasteiger partial charge on any atom is -0.388 e. The van der Waals surface area contributed by atoms with Crippen LogP contribution in [-0.4, -0.2) is 39.6 Å². The molecule has 1 aliphatic carbocycles. The molecule has 5 rings (SSSR count). The van der Waals surface area contributed by atoms with Crippen LogP contribution in [0.4, 0.5) is 0 Å². The molecule has 1 atom stereocenters. The normalized spacial score (nSPS) is 17.2. The third kappa shape index (κ3) is 2.28. The first-order valence-corrected chi connectivity index (χ1v) is 9.77. The molecule has 1 N–H and O–H groups in total. The molecule has 0 fully saturated rings. The number of fused-ring (bicyclic) bond motifs is 5. The van der Waals surface area contributed by atoms with Crippen molar-refractivity contribution in [3.05, 3.63) is 62.3 Å². The fraction of sp³-hybridized carbons (Fsp3) is 0.364. The summed E-state index contributed by atoms with van der Waals surface area (Å²) in [6.45, 7) is 0.966. The van der Waals surface area contributed by atoms with Gasteiger partial charge in [-0.15, -0.1) is 0 Å². The summed E-state index contributed by atoms with van der Waals surface area (Å²) in [6, 6.07) is 9.53. The highest BCUT2D eigenvalue weighted by Crippen LogP contribution is 2.39. The molecule has 0 amide bonds. The Kier molecular flexibility index (Phi) is 3.82. The summed E-state index contributed by atoms with van der Waals surface area (Å²) in [6.07, 6.45) is 2.09. The molecule has 4 aromatic rings. The first-order valence-electron chi connectivity index (χ1n) is 9.77. The van der Waals surface area contributed by atoms with Crippen LogP contribution in [0, 0.1) is 0 Å². The molecule has 1 unspecified atom stereocenters. The lowest BCUT2D eigenvalue weighted by Crippen LogP contribution is -2.39. The van der Waals surface area contributed by atoms with Crippen LogP contribution in [0.15, 0.2) is 39.9 Å². The summed E-state index contributed by atoms with van der Waals surface area (Å²) in [5, 5.41) is 12.9. The van der Waals surface area contributed by atoms with Gasteiger partial charge in [0, 0.05) is 23.9 Å². The van der Waals surface area contributed by atoms with E-state index in [0.29, 0.717) is 24.0 Å². The predicted molar refractivity (Wildman–Crippen MR) is 111 cm³/mol. The fourth-order valence-corrected chi connectivity index (χ4v) is 4.68. The van der Waals surface area contributed by atoms with Gasteiger partial charge in [0.2, 0.25) is 0 Å². The first kappa shape index (κ1) is 17.4. The number of para-hydroxylation sites is 1. The molecule has 0 saturated heterocycles. The van der Waals surface area contributed by atoms with E-state index in [9.17, 15) is 14.7 Å². The van der Waals surface area contributed by atoms with Crippen LogP contribution in [0.5, 0.6) is 0 Å². The van der Waals surface area contributed by atoms with Crippen molar-refractivity contribution in [3.8, 4) is 0 Å². The Bertz CT molecular complexity index is 1330. The molecule has 0 aliphatic heterocycles. The van der Waals surface area contributed by atoms with Gasteiger partial charge in [-0.25, -0.2) is 4.79 Å². The van der Waals surface area contributed by atoms with Crippen molar-refractivity contribution < 1.29 is 5.11 Å². The Morgan fingerprint density at radius 3 is 2.71 bits per heavy atom. The van der Waals surface area contributed by atoms with E-state index in [1.54, 1.807) is 10.5 Å². The van der Waals surface area contributed by atoms with Gasteiger partial charge in [-0.3, -0.25) is 13.8 Å². The van der Waals surface area contributed by atoms with Crippen LogP contribution < -0.4 is 11.2 Å². The van der Waals surface area contributed by atoms with E-state index in [4.69, 9.17) is 0 Å². The highest BCUT2D eigenvalue weighted by atomic mass is 16.3. The van der Waals surface area contributed by atoms with E-state index in [1.807, 2.05) is 43.3 Å². The van der Waals surface area contributed by atoms with Gasteiger partial charge in [-0.2, -0.15) is 0 Å². The smallest absolute Gasteiger partial charge is 0.336 e. The van der Waals surface area contributed by atoms with Gasteiger partial charge in [0.05, 0.1) is 22.5 Å². The molecular formula is C22H23N3O3. The molecule has 28 heavy (non-hydrogen) atoms. The molecule has 1 aliphatic rings. The lowest BCUT2D eigenvalue weighted by molar-refractivity contribution is 0.157. The monoisotopic (exact) mass is 377 g/mol. The molecule has 6 heteroatoms. The zero-order chi connectivity index (χ0) is 19.6. The summed E-state index contributed by atoms with van der Waals surface area (Å²) in [4.78, 5) is 28.4. The number of aliphatic hydroxyl groups excluding tert-OH is 1. The number of aromatic nitrogens is 2. The molecule has 0 radical (unpaired) electrons. The number of rotatable bonds is 3. The molecular weight excluding hydrogens is 354 g/mol. The van der Waals surface area contributed by atoms with Crippen LogP contribution in [0.1, 0.15) is 30.1 Å². The summed E-state index contributed by atoms with van der Waals surface area (Å²) in [5.74, 6) is 0. The van der Waals surface area contributed by atoms with E-state index in [-0.39, 0.29) is 11.2 Å². The van der Waals surface area contributed by atoms with Crippen LogP contribution in [0.25, 0.3) is 27.2 Å². The van der Waals surface area contributed by atoms with Gasteiger partial charge in [-0.1, -0.05) is 18.2 Å². The summed E-state index contributed by atoms with van der Waals surface area (Å²) in [5.41, 5.74) is 3.05. The number of benzene rings is 2. The van der Waals surface area contributed by atoms with E-state index in [0.717, 1.165) is 46.7 Å². The molecule has 6 nitrogen and oxygen atoms in total. The summed E-state index contributed by atoms with van der Waals surface area (Å²) >= 11 is 0. The van der Waals surface area contributed by atoms with E-state index in [2.05, 4.69) is 0 Å². The Morgan fingerprint density at radius 2 is 1.93 bits per heavy atom. The van der Waals surface area contributed by atoms with Gasteiger partial charge in [0.15, 0.2) is 0 Å². The van der Waals surface area contributed by atoms with Crippen molar-refractivity contribution in [3.63, 3.8) is 0 Å². The highest BCUT2D eigenvalue weighted by Gasteiger charge is 2.25. The average molecular weight is 377 g/mol. The average Bonchev–Trinajstić information content (AvgIpc) is 3.02. The third-order valence-electron chi connectivity index (χ3n) is 6.03. The van der Waals surface area contributed by atoms with Crippen LogP contribution >= 0.6 is 0 Å². The van der Waals surface area contributed by atoms with E-state index < -0.39 is 6.10 Å². The van der Waals surface area contributed by atoms with E-state index >= 15 is 0 Å². The second-order valence-electron chi connectivity index (χ2n) is 8.02. The van der Waals surface area contributed by atoms with Gasteiger partial charge in [-0.05, 0) is 56.6 Å². The van der Waals surface area contributed by atoms with Gasteiger partial charge >= 0.3 is 5.69 Å². The van der Waals surface area contributed by atoms with Crippen LogP contribution in [-0.2, 0) is 13.0 Å². The SMILES string of the molecule is CN(C)CCn1c(=O)c2cccc3c4c5c(ccc4n(c1=O)c23)C(O)CCC5. The van der Waals surface area contributed by atoms with Gasteiger partial charge < -0.3 is 10.0 Å². The second-order valence-corrected chi connectivity index (χ2v) is 8.02. The topological polar surface area (TPSA) is 67.0 Å². The predicted octanol–water partition coefficient (Wildman–Crippen LogP) is 2.14. The van der Waals surface area contributed by atoms with Crippen molar-refractivity contribution >= 4 is 27.2 Å². The number of hydrogen-bond donors (Lipinski definition) is 1. The first-order chi connectivity index (χ1) is 13.5. The fourth-order valence-electron chi connectivity index (χ4n) is 4.68. The number of aliphatic hydroxyl groups is 1. The Labute approximate surface area is 161 Å². The molecule has 0 bridgehead atoms. The maximum Gasteiger partial charge on any atom is 0.336 e. The van der Waals surface area contributed by atoms with Crippen molar-refractivity contribution in [2.75, 3.05) is 20.6 Å². The lowest BCUT2D eigenvalue weighted by atomic mass is 9.86. The van der Waals surface area contributed by atoms with E-state index in [1.165, 1.54) is 4.57 Å². The van der Waals surface area contributed by atoms with Crippen molar-refractivity contribution in [2.24, 2.45) is 0 Å². The summed E-state index contributed by atoms with van der Waals surface area (Å²) < 4.78 is 3.04. The largest absolute Gasteiger partial charge is 0.388 e. The van der Waals surface area contributed by atoms with Crippen molar-refractivity contribution in [2.45, 2.75) is 31.9 Å². The van der Waals surface area contributed by atoms with Gasteiger partial charge in [0.25, 0.3) is 5.56 Å². The van der Waals surface area contributed by atoms with Gasteiger partial charge in [0.1, 0.15) is 0 Å². The number of nitrogens with zero attached hydrogens (tertiary/aromatic N) is 3. The molecule has 0 spiro atoms. The minimum atomic E-state index is -0.464. The van der Waals surface area contributed by atoms with Crippen LogP contribution in [0.2, 0.25) is 0 Å². The second kappa shape index (κ2) is 6.15. The van der Waals surface area contributed by atoms with Crippen LogP contribution in [0.3, 0.4) is 0 Å². The minimum absolute atomic E-state index is 0.235. The number of hydrogen-bond acceptors (Lipinski definition) is 4. The maximum atomic E-state index is 13.3. The number of likely N-dealkylation sites (N-methyl/N-ethyl adjacent to an activating group) is 1. The molecule has 2 heterocycles. The molecule has 144 valence electrons. The zero-order valence-corrected chi connectivity index (χ0v) is 16.1. The highest BCUT2D eigenvalue weighted by molar-refractivity contribution is 6.15. The molecule has 2 aromatic carbocycles. The Balaban J connectivity index is 1.96. The third-order valence-corrected chi connectivity index (χ3v) is 6.03. The zero-order valence-electron chi connectivity index (χ0n) is 16.1. The summed E-state index contributed by atoms with van der Waals surface area (Å²) in [7, 11) is 3.85. The van der Waals surface area contributed by atoms with Crippen molar-refractivity contribution in [1.82, 2.24) is 13.9 Å². The van der Waals surface area contributed by atoms with Crippen molar-refractivity contribution in [1.29, 1.82) is 0 Å². The molecule has 0 saturated carbocycles. The molecule has 2 aromatic heterocycles. The standard InChI is InChI=1S/C22H23N3O3/c1-23(2)11-12-24-21(27)16-7-3-6-15-19-14-5-4-8-18(26)13(14)9-10-17(19)25(20(15)16)22(24)28/h3,6-7,9-10,18,26H,4-5,8,11-12H2,1-2H3. The lowest BCUT2D eigenvalue weighted by Gasteiger charge is -2.22.